The Morgan fingerprint density at radius 2 is 1.42 bits per heavy atom. The fourth-order valence-corrected chi connectivity index (χ4v) is 3.19. The van der Waals surface area contributed by atoms with Crippen molar-refractivity contribution in [2.45, 2.75) is 18.9 Å². The van der Waals surface area contributed by atoms with Crippen LogP contribution in [0.5, 0.6) is 11.5 Å². The number of aromatic carboxylic acids is 2. The first-order chi connectivity index (χ1) is 15.3. The Morgan fingerprint density at radius 3 is 1.76 bits per heavy atom. The molecule has 1 unspecified atom stereocenters. The molecule has 1 fully saturated rings. The number of carboxylic acids is 2. The van der Waals surface area contributed by atoms with Crippen molar-refractivity contribution in [3.8, 4) is 11.5 Å². The molecule has 4 rings (SSSR count). The van der Waals surface area contributed by atoms with E-state index in [0.717, 1.165) is 0 Å². The molecule has 1 atom stereocenters. The number of rotatable bonds is 3. The summed E-state index contributed by atoms with van der Waals surface area (Å²) in [4.78, 5) is 27.0. The zero-order valence-corrected chi connectivity index (χ0v) is 21.2. The minimum absolute atomic E-state index is 0. The summed E-state index contributed by atoms with van der Waals surface area (Å²) in [5.41, 5.74) is 1.00. The molecule has 0 amide bonds. The van der Waals surface area contributed by atoms with Crippen molar-refractivity contribution < 1.29 is 49.5 Å². The van der Waals surface area contributed by atoms with Crippen LogP contribution >= 0.6 is 0 Å². The quantitative estimate of drug-likeness (QED) is 0.523. The van der Waals surface area contributed by atoms with E-state index in [1.54, 1.807) is 0 Å². The van der Waals surface area contributed by atoms with Crippen molar-refractivity contribution in [2.24, 2.45) is 0 Å². The van der Waals surface area contributed by atoms with Gasteiger partial charge in [-0.3, -0.25) is 9.88 Å². The number of aromatic nitrogens is 1. The van der Waals surface area contributed by atoms with Gasteiger partial charge in [-0.1, -0.05) is 54.0 Å². The first kappa shape index (κ1) is 27.7. The maximum Gasteiger partial charge on any atom is 2.00 e. The third-order valence-corrected chi connectivity index (χ3v) is 4.82. The number of benzene rings is 2. The topological polar surface area (TPSA) is 137 Å². The van der Waals surface area contributed by atoms with E-state index in [2.05, 4.69) is 23.0 Å². The average Bonchev–Trinajstić information content (AvgIpc) is 3.21. The first-order valence-corrected chi connectivity index (χ1v) is 9.90. The summed E-state index contributed by atoms with van der Waals surface area (Å²) in [6, 6.07) is 15.9. The molecule has 1 aliphatic rings. The number of carbonyl (C=O) groups is 2. The van der Waals surface area contributed by atoms with Gasteiger partial charge in [0.15, 0.2) is 0 Å². The third-order valence-electron chi connectivity index (χ3n) is 4.82. The Labute approximate surface area is 204 Å². The fourth-order valence-electron chi connectivity index (χ4n) is 3.19. The van der Waals surface area contributed by atoms with E-state index < -0.39 is 23.4 Å². The van der Waals surface area contributed by atoms with Crippen LogP contribution in [0.1, 0.15) is 45.2 Å². The van der Waals surface area contributed by atoms with Crippen LogP contribution in [0.25, 0.3) is 0 Å². The largest absolute Gasteiger partial charge is 2.00 e. The first-order valence-electron chi connectivity index (χ1n) is 9.90. The molecule has 0 bridgehead atoms. The molecule has 33 heavy (non-hydrogen) atoms. The summed E-state index contributed by atoms with van der Waals surface area (Å²) in [6.07, 6.45) is 6.41. The summed E-state index contributed by atoms with van der Waals surface area (Å²) in [5.74, 6) is -3.25. The van der Waals surface area contributed by atoms with Crippen LogP contribution in [0.3, 0.4) is 0 Å². The molecule has 168 valence electrons. The number of hydrogen-bond acceptors (Lipinski definition) is 6. The molecule has 0 saturated carbocycles. The monoisotopic (exact) mass is 500 g/mol. The molecule has 3 aromatic rings. The van der Waals surface area contributed by atoms with Crippen molar-refractivity contribution in [1.82, 2.24) is 9.88 Å². The summed E-state index contributed by atoms with van der Waals surface area (Å²) >= 11 is 0. The molecule has 1 aliphatic heterocycles. The summed E-state index contributed by atoms with van der Waals surface area (Å²) in [6.45, 7) is 1.22. The molecule has 1 saturated heterocycles. The molecule has 0 spiro atoms. The van der Waals surface area contributed by atoms with E-state index in [1.165, 1.54) is 73.5 Å². The molecule has 9 heteroatoms. The van der Waals surface area contributed by atoms with Crippen LogP contribution in [0.15, 0.2) is 73.1 Å². The normalized spacial score (nSPS) is 14.5. The molecule has 2 aromatic carbocycles. The molecule has 0 radical (unpaired) electrons. The Hall–Kier alpha value is -3.29. The van der Waals surface area contributed by atoms with Gasteiger partial charge in [-0.05, 0) is 50.2 Å². The fraction of sp³-hybridized carbons (Fsp3) is 0.208. The summed E-state index contributed by atoms with van der Waals surface area (Å²) in [5, 5.41) is 38.1. The summed E-state index contributed by atoms with van der Waals surface area (Å²) < 4.78 is 0. The van der Waals surface area contributed by atoms with Crippen molar-refractivity contribution in [3.05, 3.63) is 89.7 Å². The molecule has 8 nitrogen and oxygen atoms in total. The Bertz CT molecular complexity index is 977. The minimum atomic E-state index is -1.18. The SMILES string of the molecule is CN1CCCC1c1cccnc1.O=C(O)c1ccccc1[O-].O=C(O)c1ccccc1[O-].[Zn+2]. The van der Waals surface area contributed by atoms with Crippen LogP contribution in [-0.2, 0) is 19.5 Å². The Balaban J connectivity index is 0.000000246. The van der Waals surface area contributed by atoms with Crippen LogP contribution in [0.2, 0.25) is 0 Å². The van der Waals surface area contributed by atoms with E-state index in [-0.39, 0.29) is 30.6 Å². The van der Waals surface area contributed by atoms with Gasteiger partial charge in [0.1, 0.15) is 0 Å². The van der Waals surface area contributed by atoms with Crippen molar-refractivity contribution in [3.63, 3.8) is 0 Å². The van der Waals surface area contributed by atoms with Gasteiger partial charge in [0, 0.05) is 18.4 Å². The minimum Gasteiger partial charge on any atom is -0.872 e. The van der Waals surface area contributed by atoms with Crippen molar-refractivity contribution >= 4 is 11.9 Å². The van der Waals surface area contributed by atoms with Crippen LogP contribution in [0, 0.1) is 0 Å². The molecular weight excluding hydrogens is 478 g/mol. The van der Waals surface area contributed by atoms with Gasteiger partial charge in [0.25, 0.3) is 0 Å². The van der Waals surface area contributed by atoms with E-state index in [9.17, 15) is 19.8 Å². The molecular formula is C24H24N2O6Zn. The van der Waals surface area contributed by atoms with Crippen molar-refractivity contribution in [2.75, 3.05) is 13.6 Å². The standard InChI is InChI=1S/C10H14N2.2C7H6O3.Zn/c1-12-7-3-5-10(12)9-4-2-6-11-8-9;2*8-6-4-2-1-3-5(6)7(9)10;/h2,4,6,8,10H,3,5,7H2,1H3;2*1-4,8H,(H,9,10);/q;;;+2/p-2. The Morgan fingerprint density at radius 1 is 0.909 bits per heavy atom. The van der Waals surface area contributed by atoms with Gasteiger partial charge >= 0.3 is 31.4 Å². The second-order valence-electron chi connectivity index (χ2n) is 7.03. The van der Waals surface area contributed by atoms with Crippen LogP contribution in [-0.4, -0.2) is 45.6 Å². The number of para-hydroxylation sites is 2. The van der Waals surface area contributed by atoms with E-state index in [4.69, 9.17) is 10.2 Å². The van der Waals surface area contributed by atoms with Crippen LogP contribution in [0.4, 0.5) is 0 Å². The van der Waals surface area contributed by atoms with Crippen LogP contribution < -0.4 is 10.2 Å². The Kier molecular flexibility index (Phi) is 11.8. The number of carboxylic acid groups (broad SMARTS) is 2. The van der Waals surface area contributed by atoms with E-state index in [1.807, 2.05) is 18.5 Å². The molecule has 2 heterocycles. The molecule has 2 N–H and O–H groups in total. The van der Waals surface area contributed by atoms with Gasteiger partial charge in [-0.15, -0.1) is 0 Å². The van der Waals surface area contributed by atoms with Gasteiger partial charge in [0.05, 0.1) is 11.1 Å². The number of hydrogen-bond donors (Lipinski definition) is 2. The second kappa shape index (κ2) is 14.0. The third kappa shape index (κ3) is 8.63. The maximum atomic E-state index is 10.7. The molecule has 0 aliphatic carbocycles. The number of pyridine rings is 1. The van der Waals surface area contributed by atoms with Crippen molar-refractivity contribution in [1.29, 1.82) is 0 Å². The molecule has 1 aromatic heterocycles. The van der Waals surface area contributed by atoms with E-state index >= 15 is 0 Å². The average molecular weight is 502 g/mol. The smallest absolute Gasteiger partial charge is 0.872 e. The van der Waals surface area contributed by atoms with Gasteiger partial charge in [0.2, 0.25) is 0 Å². The predicted molar refractivity (Wildman–Crippen MR) is 115 cm³/mol. The zero-order valence-electron chi connectivity index (χ0n) is 18.3. The van der Waals surface area contributed by atoms with Gasteiger partial charge in [-0.25, -0.2) is 9.59 Å². The number of likely N-dealkylation sites (tertiary alicyclic amines) is 1. The van der Waals surface area contributed by atoms with Gasteiger partial charge < -0.3 is 20.4 Å². The number of nitrogens with zero attached hydrogens (tertiary/aromatic N) is 2. The predicted octanol–water partition coefficient (Wildman–Crippen LogP) is 2.76. The zero-order chi connectivity index (χ0) is 23.5. The maximum absolute atomic E-state index is 10.7. The summed E-state index contributed by atoms with van der Waals surface area (Å²) in [7, 11) is 2.19. The van der Waals surface area contributed by atoms with Gasteiger partial charge in [-0.2, -0.15) is 0 Å². The second-order valence-corrected chi connectivity index (χ2v) is 7.03. The van der Waals surface area contributed by atoms with E-state index in [0.29, 0.717) is 6.04 Å².